The normalized spacial score (nSPS) is 30.4. The molecule has 3 nitrogen and oxygen atoms in total. The summed E-state index contributed by atoms with van der Waals surface area (Å²) >= 11 is 6.06. The summed E-state index contributed by atoms with van der Waals surface area (Å²) in [5.41, 5.74) is 1.11. The molecule has 0 amide bonds. The average molecular weight is 281 g/mol. The molecule has 2 aliphatic heterocycles. The maximum atomic E-state index is 6.06. The van der Waals surface area contributed by atoms with E-state index in [-0.39, 0.29) is 0 Å². The molecule has 2 atom stereocenters. The molecule has 2 unspecified atom stereocenters. The third-order valence-electron chi connectivity index (χ3n) is 4.62. The second kappa shape index (κ2) is 5.22. The Bertz CT molecular complexity index is 451. The highest BCUT2D eigenvalue weighted by molar-refractivity contribution is 6.32. The molecule has 0 radical (unpaired) electrons. The Morgan fingerprint density at radius 3 is 2.58 bits per heavy atom. The molecule has 2 fully saturated rings. The minimum absolute atomic E-state index is 0.569. The van der Waals surface area contributed by atoms with Crippen LogP contribution in [0.2, 0.25) is 5.02 Å². The molecule has 1 aromatic rings. The first-order valence-corrected chi connectivity index (χ1v) is 7.37. The van der Waals surface area contributed by atoms with E-state index in [4.69, 9.17) is 16.3 Å². The van der Waals surface area contributed by atoms with Crippen molar-refractivity contribution < 1.29 is 4.74 Å². The van der Waals surface area contributed by atoms with Crippen LogP contribution < -0.4 is 10.1 Å². The lowest BCUT2D eigenvalue weighted by molar-refractivity contribution is 0.169. The van der Waals surface area contributed by atoms with E-state index in [0.717, 1.165) is 23.5 Å². The molecular formula is C15H21ClN2O. The van der Waals surface area contributed by atoms with Crippen LogP contribution in [-0.4, -0.2) is 37.2 Å². The van der Waals surface area contributed by atoms with Gasteiger partial charge in [-0.15, -0.1) is 0 Å². The van der Waals surface area contributed by atoms with Crippen LogP contribution in [0.25, 0.3) is 0 Å². The van der Waals surface area contributed by atoms with Crippen molar-refractivity contribution in [2.75, 3.05) is 19.5 Å². The largest absolute Gasteiger partial charge is 0.495 e. The summed E-state index contributed by atoms with van der Waals surface area (Å²) in [7, 11) is 3.92. The summed E-state index contributed by atoms with van der Waals surface area (Å²) in [5, 5.41) is 4.30. The summed E-state index contributed by atoms with van der Waals surface area (Å²) in [4.78, 5) is 2.56. The number of hydrogen-bond acceptors (Lipinski definition) is 3. The van der Waals surface area contributed by atoms with Crippen LogP contribution in [0.5, 0.6) is 5.75 Å². The van der Waals surface area contributed by atoms with Crippen molar-refractivity contribution in [1.29, 1.82) is 0 Å². The fraction of sp³-hybridized carbons (Fsp3) is 0.600. The van der Waals surface area contributed by atoms with Gasteiger partial charge in [-0.1, -0.05) is 11.6 Å². The molecular weight excluding hydrogens is 260 g/mol. The Morgan fingerprint density at radius 2 is 1.95 bits per heavy atom. The first kappa shape index (κ1) is 13.1. The van der Waals surface area contributed by atoms with Crippen LogP contribution in [0.4, 0.5) is 5.69 Å². The zero-order valence-corrected chi connectivity index (χ0v) is 12.3. The number of fused-ring (bicyclic) bond motifs is 2. The third-order valence-corrected chi connectivity index (χ3v) is 4.93. The number of anilines is 1. The van der Waals surface area contributed by atoms with Crippen LogP contribution in [0.15, 0.2) is 18.2 Å². The van der Waals surface area contributed by atoms with Crippen molar-refractivity contribution in [3.05, 3.63) is 23.2 Å². The molecule has 0 aliphatic carbocycles. The lowest BCUT2D eigenvalue weighted by Gasteiger charge is -2.37. The molecule has 2 saturated heterocycles. The Morgan fingerprint density at radius 1 is 1.26 bits per heavy atom. The molecule has 2 aliphatic rings. The van der Waals surface area contributed by atoms with E-state index in [1.807, 2.05) is 18.2 Å². The fourth-order valence-corrected chi connectivity index (χ4v) is 3.71. The van der Waals surface area contributed by atoms with E-state index in [1.54, 1.807) is 7.11 Å². The van der Waals surface area contributed by atoms with Crippen molar-refractivity contribution in [2.24, 2.45) is 0 Å². The lowest BCUT2D eigenvalue weighted by atomic mass is 9.98. The molecule has 1 aromatic carbocycles. The van der Waals surface area contributed by atoms with Gasteiger partial charge in [0.15, 0.2) is 0 Å². The van der Waals surface area contributed by atoms with Gasteiger partial charge in [-0.2, -0.15) is 0 Å². The number of nitrogens with zero attached hydrogens (tertiary/aromatic N) is 1. The molecule has 104 valence electrons. The summed E-state index contributed by atoms with van der Waals surface area (Å²) in [6, 6.07) is 8.00. The van der Waals surface area contributed by atoms with Gasteiger partial charge in [0.25, 0.3) is 0 Å². The van der Waals surface area contributed by atoms with Gasteiger partial charge < -0.3 is 15.0 Å². The second-order valence-corrected chi connectivity index (χ2v) is 6.12. The highest BCUT2D eigenvalue weighted by Gasteiger charge is 2.38. The van der Waals surface area contributed by atoms with Crippen LogP contribution in [0, 0.1) is 0 Å². The van der Waals surface area contributed by atoms with Crippen LogP contribution in [-0.2, 0) is 0 Å². The number of rotatable bonds is 3. The molecule has 1 N–H and O–H groups in total. The smallest absolute Gasteiger partial charge is 0.139 e. The number of methoxy groups -OCH3 is 1. The summed E-state index contributed by atoms with van der Waals surface area (Å²) in [6.07, 6.45) is 5.17. The Balaban J connectivity index is 1.69. The van der Waals surface area contributed by atoms with Crippen LogP contribution in [0.1, 0.15) is 25.7 Å². The van der Waals surface area contributed by atoms with Gasteiger partial charge >= 0.3 is 0 Å². The van der Waals surface area contributed by atoms with E-state index in [2.05, 4.69) is 17.3 Å². The zero-order valence-electron chi connectivity index (χ0n) is 11.5. The van der Waals surface area contributed by atoms with Gasteiger partial charge in [0.05, 0.1) is 12.1 Å². The number of halogens is 1. The molecule has 0 saturated carbocycles. The predicted molar refractivity (Wildman–Crippen MR) is 79.2 cm³/mol. The highest BCUT2D eigenvalue weighted by atomic mass is 35.5. The van der Waals surface area contributed by atoms with Gasteiger partial charge in [-0.3, -0.25) is 0 Å². The van der Waals surface area contributed by atoms with E-state index >= 15 is 0 Å². The lowest BCUT2D eigenvalue weighted by Crippen LogP contribution is -2.44. The van der Waals surface area contributed by atoms with Crippen molar-refractivity contribution >= 4 is 17.3 Å². The Hall–Kier alpha value is -0.930. The van der Waals surface area contributed by atoms with Crippen molar-refractivity contribution in [2.45, 2.75) is 43.8 Å². The minimum atomic E-state index is 0.569. The van der Waals surface area contributed by atoms with E-state index < -0.39 is 0 Å². The van der Waals surface area contributed by atoms with Crippen molar-refractivity contribution in [3.8, 4) is 5.75 Å². The zero-order chi connectivity index (χ0) is 13.4. The summed E-state index contributed by atoms with van der Waals surface area (Å²) in [6.45, 7) is 0. The van der Waals surface area contributed by atoms with E-state index in [9.17, 15) is 0 Å². The Labute approximate surface area is 119 Å². The van der Waals surface area contributed by atoms with Gasteiger partial charge in [-0.25, -0.2) is 0 Å². The predicted octanol–water partition coefficient (Wildman–Crippen LogP) is 3.39. The van der Waals surface area contributed by atoms with Gasteiger partial charge in [0.2, 0.25) is 0 Å². The SMILES string of the molecule is COc1cc(NC2CC3CCC(C2)N3C)ccc1Cl. The second-order valence-electron chi connectivity index (χ2n) is 5.71. The summed E-state index contributed by atoms with van der Waals surface area (Å²) < 4.78 is 5.27. The topological polar surface area (TPSA) is 24.5 Å². The third kappa shape index (κ3) is 2.54. The van der Waals surface area contributed by atoms with E-state index in [1.165, 1.54) is 25.7 Å². The number of ether oxygens (including phenoxy) is 1. The first-order chi connectivity index (χ1) is 9.17. The molecule has 0 aromatic heterocycles. The number of nitrogens with one attached hydrogen (secondary N) is 1. The van der Waals surface area contributed by atoms with Gasteiger partial charge in [0.1, 0.15) is 5.75 Å². The summed E-state index contributed by atoms with van der Waals surface area (Å²) in [5.74, 6) is 0.738. The Kier molecular flexibility index (Phi) is 3.59. The highest BCUT2D eigenvalue weighted by Crippen LogP contribution is 2.36. The van der Waals surface area contributed by atoms with Crippen molar-refractivity contribution in [1.82, 2.24) is 4.90 Å². The van der Waals surface area contributed by atoms with Gasteiger partial charge in [-0.05, 0) is 44.9 Å². The van der Waals surface area contributed by atoms with Gasteiger partial charge in [0, 0.05) is 29.9 Å². The monoisotopic (exact) mass is 280 g/mol. The molecule has 4 heteroatoms. The minimum Gasteiger partial charge on any atom is -0.495 e. The molecule has 2 bridgehead atoms. The van der Waals surface area contributed by atoms with Crippen molar-refractivity contribution in [3.63, 3.8) is 0 Å². The van der Waals surface area contributed by atoms with Crippen LogP contribution >= 0.6 is 11.6 Å². The fourth-order valence-electron chi connectivity index (χ4n) is 3.51. The standard InChI is InChI=1S/C15H21ClN2O/c1-18-12-4-5-13(18)8-11(7-12)17-10-3-6-14(16)15(9-10)19-2/h3,6,9,11-13,17H,4-5,7-8H2,1-2H3. The number of hydrogen-bond donors (Lipinski definition) is 1. The average Bonchev–Trinajstić information content (AvgIpc) is 2.64. The molecule has 0 spiro atoms. The molecule has 3 rings (SSSR count). The van der Waals surface area contributed by atoms with E-state index in [0.29, 0.717) is 11.1 Å². The number of piperidine rings is 1. The maximum Gasteiger partial charge on any atom is 0.139 e. The molecule has 19 heavy (non-hydrogen) atoms. The number of benzene rings is 1. The molecule has 2 heterocycles. The van der Waals surface area contributed by atoms with Crippen LogP contribution in [0.3, 0.4) is 0 Å². The quantitative estimate of drug-likeness (QED) is 0.919. The maximum absolute atomic E-state index is 6.06. The first-order valence-electron chi connectivity index (χ1n) is 6.99.